The van der Waals surface area contributed by atoms with Gasteiger partial charge in [-0.05, 0) is 36.4 Å². The highest BCUT2D eigenvalue weighted by Crippen LogP contribution is 2.45. The minimum Gasteiger partial charge on any atom is -0.507 e. The van der Waals surface area contributed by atoms with Gasteiger partial charge in [-0.2, -0.15) is 0 Å². The van der Waals surface area contributed by atoms with Crippen LogP contribution in [0.1, 0.15) is 24.1 Å². The van der Waals surface area contributed by atoms with Crippen LogP contribution in [0.15, 0.2) is 78.4 Å². The van der Waals surface area contributed by atoms with Crippen molar-refractivity contribution < 1.29 is 24.2 Å². The molecule has 1 heterocycles. The summed E-state index contributed by atoms with van der Waals surface area (Å²) in [5.74, 6) is -1.86. The van der Waals surface area contributed by atoms with E-state index in [2.05, 4.69) is 5.32 Å². The molecular weight excluding hydrogens is 456 g/mol. The van der Waals surface area contributed by atoms with Gasteiger partial charge in [0.2, 0.25) is 5.91 Å². The molecule has 34 heavy (non-hydrogen) atoms. The van der Waals surface area contributed by atoms with E-state index in [0.29, 0.717) is 33.3 Å². The quantitative estimate of drug-likeness (QED) is 0.309. The lowest BCUT2D eigenvalue weighted by Gasteiger charge is -2.27. The molecular formula is C26H21ClN2O5. The predicted octanol–water partition coefficient (Wildman–Crippen LogP) is 4.93. The lowest BCUT2D eigenvalue weighted by atomic mass is 9.94. The highest BCUT2D eigenvalue weighted by molar-refractivity contribution is 6.51. The molecule has 2 amide bonds. The number of nitrogens with one attached hydrogen (secondary N) is 1. The third kappa shape index (κ3) is 4.25. The summed E-state index contributed by atoms with van der Waals surface area (Å²) in [5.41, 5.74) is 1.55. The number of nitrogens with zero attached hydrogens (tertiary/aromatic N) is 1. The monoisotopic (exact) mass is 476 g/mol. The molecule has 1 fully saturated rings. The maximum Gasteiger partial charge on any atom is 0.300 e. The van der Waals surface area contributed by atoms with Gasteiger partial charge in [-0.15, -0.1) is 0 Å². The normalized spacial score (nSPS) is 17.0. The number of methoxy groups -OCH3 is 1. The molecule has 4 rings (SSSR count). The number of hydrogen-bond acceptors (Lipinski definition) is 5. The van der Waals surface area contributed by atoms with Crippen molar-refractivity contribution in [2.24, 2.45) is 0 Å². The van der Waals surface area contributed by atoms with Gasteiger partial charge in [-0.3, -0.25) is 19.3 Å². The molecule has 1 unspecified atom stereocenters. The fourth-order valence-electron chi connectivity index (χ4n) is 4.01. The first-order valence-corrected chi connectivity index (χ1v) is 10.8. The molecule has 7 nitrogen and oxygen atoms in total. The molecule has 0 aliphatic carbocycles. The Balaban J connectivity index is 1.96. The fraction of sp³-hybridized carbons (Fsp3) is 0.115. The molecule has 1 aliphatic rings. The second-order valence-electron chi connectivity index (χ2n) is 7.65. The van der Waals surface area contributed by atoms with E-state index in [1.54, 1.807) is 66.7 Å². The number of carbonyl (C=O) groups excluding carboxylic acids is 3. The fourth-order valence-corrected chi connectivity index (χ4v) is 4.20. The summed E-state index contributed by atoms with van der Waals surface area (Å²) in [6, 6.07) is 19.0. The summed E-state index contributed by atoms with van der Waals surface area (Å²) < 4.78 is 5.51. The van der Waals surface area contributed by atoms with Gasteiger partial charge >= 0.3 is 0 Å². The molecule has 0 radical (unpaired) electrons. The number of halogens is 1. The third-order valence-corrected chi connectivity index (χ3v) is 5.66. The number of hydrogen-bond donors (Lipinski definition) is 2. The van der Waals surface area contributed by atoms with Crippen LogP contribution in [0.4, 0.5) is 11.4 Å². The van der Waals surface area contributed by atoms with Crippen molar-refractivity contribution in [2.45, 2.75) is 13.0 Å². The Morgan fingerprint density at radius 3 is 2.47 bits per heavy atom. The molecule has 0 saturated carbocycles. The Labute approximate surface area is 201 Å². The molecule has 0 spiro atoms. The van der Waals surface area contributed by atoms with E-state index < -0.39 is 17.7 Å². The number of benzene rings is 3. The first-order chi connectivity index (χ1) is 16.3. The number of amides is 2. The molecule has 3 aromatic rings. The first-order valence-electron chi connectivity index (χ1n) is 10.4. The van der Waals surface area contributed by atoms with Crippen LogP contribution in [0.2, 0.25) is 5.02 Å². The van der Waals surface area contributed by atoms with Crippen molar-refractivity contribution in [3.63, 3.8) is 0 Å². The van der Waals surface area contributed by atoms with E-state index in [4.69, 9.17) is 16.3 Å². The standard InChI is InChI=1S/C26H21ClN2O5/c1-15(30)28-18-9-6-10-19(14-18)29-23(20-11-3-4-12-21(20)34-2)22(25(32)26(29)33)24(31)16-7-5-8-17(27)13-16/h3-14,23,31H,1-2H3,(H,28,30)/b24-22+. The molecule has 1 aliphatic heterocycles. The van der Waals surface area contributed by atoms with E-state index in [9.17, 15) is 19.5 Å². The lowest BCUT2D eigenvalue weighted by molar-refractivity contribution is -0.132. The van der Waals surface area contributed by atoms with Crippen LogP contribution in [0.3, 0.4) is 0 Å². The predicted molar refractivity (Wildman–Crippen MR) is 130 cm³/mol. The van der Waals surface area contributed by atoms with Gasteiger partial charge in [-0.1, -0.05) is 48.0 Å². The van der Waals surface area contributed by atoms with Crippen molar-refractivity contribution >= 4 is 46.3 Å². The molecule has 0 aromatic heterocycles. The van der Waals surface area contributed by atoms with Crippen LogP contribution in [0, 0.1) is 0 Å². The summed E-state index contributed by atoms with van der Waals surface area (Å²) in [4.78, 5) is 39.4. The SMILES string of the molecule is COc1ccccc1C1/C(=C(\O)c2cccc(Cl)c2)C(=O)C(=O)N1c1cccc(NC(C)=O)c1. The largest absolute Gasteiger partial charge is 0.507 e. The Morgan fingerprint density at radius 1 is 1.03 bits per heavy atom. The van der Waals surface area contributed by atoms with Gasteiger partial charge in [0, 0.05) is 34.4 Å². The summed E-state index contributed by atoms with van der Waals surface area (Å²) >= 11 is 6.09. The maximum atomic E-state index is 13.3. The van der Waals surface area contributed by atoms with Crippen molar-refractivity contribution in [3.05, 3.63) is 94.5 Å². The Bertz CT molecular complexity index is 1330. The smallest absolute Gasteiger partial charge is 0.300 e. The summed E-state index contributed by atoms with van der Waals surface area (Å²) in [6.07, 6.45) is 0. The van der Waals surface area contributed by atoms with E-state index in [0.717, 1.165) is 0 Å². The van der Waals surface area contributed by atoms with E-state index >= 15 is 0 Å². The number of ether oxygens (including phenoxy) is 1. The molecule has 2 N–H and O–H groups in total. The van der Waals surface area contributed by atoms with Gasteiger partial charge in [0.25, 0.3) is 11.7 Å². The first kappa shape index (κ1) is 23.1. The van der Waals surface area contributed by atoms with Gasteiger partial charge in [0.1, 0.15) is 11.5 Å². The second-order valence-corrected chi connectivity index (χ2v) is 8.09. The minimum atomic E-state index is -0.984. The minimum absolute atomic E-state index is 0.0957. The Morgan fingerprint density at radius 2 is 1.76 bits per heavy atom. The van der Waals surface area contributed by atoms with Crippen LogP contribution >= 0.6 is 11.6 Å². The van der Waals surface area contributed by atoms with Gasteiger partial charge < -0.3 is 15.2 Å². The number of Topliss-reactive ketones (excluding diaryl/α,β-unsaturated/α-hetero) is 1. The zero-order chi connectivity index (χ0) is 24.4. The average molecular weight is 477 g/mol. The van der Waals surface area contributed by atoms with Crippen molar-refractivity contribution in [1.29, 1.82) is 0 Å². The molecule has 172 valence electrons. The number of ketones is 1. The molecule has 0 bridgehead atoms. The topological polar surface area (TPSA) is 95.9 Å². The third-order valence-electron chi connectivity index (χ3n) is 5.42. The zero-order valence-corrected chi connectivity index (χ0v) is 19.2. The summed E-state index contributed by atoms with van der Waals surface area (Å²) in [5, 5.41) is 14.2. The van der Waals surface area contributed by atoms with Gasteiger partial charge in [-0.25, -0.2) is 0 Å². The average Bonchev–Trinajstić information content (AvgIpc) is 3.08. The van der Waals surface area contributed by atoms with Gasteiger partial charge in [0.05, 0.1) is 18.7 Å². The van der Waals surface area contributed by atoms with Crippen LogP contribution in [0.5, 0.6) is 5.75 Å². The zero-order valence-electron chi connectivity index (χ0n) is 18.4. The van der Waals surface area contributed by atoms with Gasteiger partial charge in [0.15, 0.2) is 0 Å². The van der Waals surface area contributed by atoms with Crippen LogP contribution in [-0.2, 0) is 14.4 Å². The number of anilines is 2. The number of carbonyl (C=O) groups is 3. The van der Waals surface area contributed by atoms with Crippen molar-refractivity contribution in [3.8, 4) is 5.75 Å². The molecule has 8 heteroatoms. The molecule has 3 aromatic carbocycles. The number of aliphatic hydroxyl groups is 1. The molecule has 1 atom stereocenters. The number of rotatable bonds is 5. The number of para-hydroxylation sites is 1. The summed E-state index contributed by atoms with van der Waals surface area (Å²) in [7, 11) is 1.49. The molecule has 1 saturated heterocycles. The summed E-state index contributed by atoms with van der Waals surface area (Å²) in [6.45, 7) is 1.37. The Kier molecular flexibility index (Phi) is 6.38. The Hall–Kier alpha value is -4.10. The highest BCUT2D eigenvalue weighted by atomic mass is 35.5. The highest BCUT2D eigenvalue weighted by Gasteiger charge is 2.48. The van der Waals surface area contributed by atoms with E-state index in [1.165, 1.54) is 25.0 Å². The lowest BCUT2D eigenvalue weighted by Crippen LogP contribution is -2.29. The maximum absolute atomic E-state index is 13.3. The van der Waals surface area contributed by atoms with Crippen LogP contribution < -0.4 is 15.0 Å². The van der Waals surface area contributed by atoms with E-state index in [1.807, 2.05) is 0 Å². The second kappa shape index (κ2) is 9.41. The van der Waals surface area contributed by atoms with Crippen LogP contribution in [-0.4, -0.2) is 29.8 Å². The number of aliphatic hydroxyl groups excluding tert-OH is 1. The van der Waals surface area contributed by atoms with Crippen molar-refractivity contribution in [1.82, 2.24) is 0 Å². The van der Waals surface area contributed by atoms with E-state index in [-0.39, 0.29) is 17.2 Å². The van der Waals surface area contributed by atoms with Crippen molar-refractivity contribution in [2.75, 3.05) is 17.3 Å². The van der Waals surface area contributed by atoms with Crippen LogP contribution in [0.25, 0.3) is 5.76 Å².